The summed E-state index contributed by atoms with van der Waals surface area (Å²) in [4.78, 5) is 70.5. The number of nitrogens with zero attached hydrogens (tertiary/aromatic N) is 2. The molecule has 0 radical (unpaired) electrons. The number of carboxylic acids is 1. The Hall–Kier alpha value is -5.92. The standard InChI is InChI=1S/C34H34N2O12/c1-46-30(37)19-12-24-6-13-27(14-7-24)31(38)47-20-4-2-3-5-21-48-33(41)34(32(39)40,22-25-8-15-28(16-9-25)35(42)43)23-26-10-17-29(18-11-26)36(44)45/h6-19H,2-5,20-23H2,1H3,(H,39,40)/b19-12+. The van der Waals surface area contributed by atoms with Crippen LogP contribution in [0.2, 0.25) is 0 Å². The number of non-ortho nitro benzene ring substituents is 2. The fourth-order valence-electron chi connectivity index (χ4n) is 4.68. The highest BCUT2D eigenvalue weighted by molar-refractivity contribution is 6.00. The van der Waals surface area contributed by atoms with Crippen LogP contribution in [0, 0.1) is 25.6 Å². The van der Waals surface area contributed by atoms with Gasteiger partial charge in [0.25, 0.3) is 11.4 Å². The molecular formula is C34H34N2O12. The summed E-state index contributed by atoms with van der Waals surface area (Å²) in [5.41, 5.74) is -0.764. The van der Waals surface area contributed by atoms with Crippen molar-refractivity contribution in [3.8, 4) is 0 Å². The molecule has 0 saturated heterocycles. The number of nitro benzene ring substituents is 2. The first-order valence-corrected chi connectivity index (χ1v) is 14.9. The first-order valence-electron chi connectivity index (χ1n) is 14.9. The molecule has 1 N–H and O–H groups in total. The Morgan fingerprint density at radius 1 is 0.729 bits per heavy atom. The molecule has 0 saturated carbocycles. The number of nitro groups is 2. The number of benzene rings is 3. The number of carbonyl (C=O) groups is 4. The van der Waals surface area contributed by atoms with Crippen molar-refractivity contribution in [3.05, 3.63) is 121 Å². The number of esters is 3. The van der Waals surface area contributed by atoms with E-state index in [1.807, 2.05) is 0 Å². The summed E-state index contributed by atoms with van der Waals surface area (Å²) in [5, 5.41) is 32.4. The highest BCUT2D eigenvalue weighted by Gasteiger charge is 2.48. The van der Waals surface area contributed by atoms with Gasteiger partial charge in [0.05, 0.1) is 35.7 Å². The molecular weight excluding hydrogens is 628 g/mol. The minimum absolute atomic E-state index is 0.0784. The Bertz CT molecular complexity index is 1570. The lowest BCUT2D eigenvalue weighted by molar-refractivity contribution is -0.385. The van der Waals surface area contributed by atoms with Gasteiger partial charge >= 0.3 is 23.9 Å². The van der Waals surface area contributed by atoms with Crippen molar-refractivity contribution in [3.63, 3.8) is 0 Å². The molecule has 0 heterocycles. The topological polar surface area (TPSA) is 202 Å². The predicted molar refractivity (Wildman–Crippen MR) is 171 cm³/mol. The number of hydrogen-bond donors (Lipinski definition) is 1. The van der Waals surface area contributed by atoms with Crippen LogP contribution in [0.25, 0.3) is 6.08 Å². The average molecular weight is 663 g/mol. The van der Waals surface area contributed by atoms with E-state index in [4.69, 9.17) is 9.47 Å². The van der Waals surface area contributed by atoms with Crippen LogP contribution in [0.3, 0.4) is 0 Å². The number of unbranched alkanes of at least 4 members (excludes halogenated alkanes) is 3. The van der Waals surface area contributed by atoms with E-state index in [0.717, 1.165) is 0 Å². The summed E-state index contributed by atoms with van der Waals surface area (Å²) in [6, 6.07) is 16.8. The van der Waals surface area contributed by atoms with Crippen LogP contribution >= 0.6 is 0 Å². The number of carbonyl (C=O) groups excluding carboxylic acids is 3. The lowest BCUT2D eigenvalue weighted by Gasteiger charge is -2.27. The fourth-order valence-corrected chi connectivity index (χ4v) is 4.68. The molecule has 0 aromatic heterocycles. The quantitative estimate of drug-likeness (QED) is 0.0341. The molecule has 3 aromatic carbocycles. The van der Waals surface area contributed by atoms with E-state index < -0.39 is 39.1 Å². The highest BCUT2D eigenvalue weighted by Crippen LogP contribution is 2.32. The minimum Gasteiger partial charge on any atom is -0.480 e. The van der Waals surface area contributed by atoms with Gasteiger partial charge in [-0.15, -0.1) is 0 Å². The molecule has 48 heavy (non-hydrogen) atoms. The summed E-state index contributed by atoms with van der Waals surface area (Å²) in [5.74, 6) is -3.48. The Labute approximate surface area is 275 Å². The van der Waals surface area contributed by atoms with E-state index in [-0.39, 0.29) is 37.4 Å². The van der Waals surface area contributed by atoms with Crippen LogP contribution in [0.5, 0.6) is 0 Å². The second kappa shape index (κ2) is 17.7. The first-order chi connectivity index (χ1) is 22.9. The second-order valence-electron chi connectivity index (χ2n) is 10.8. The zero-order valence-electron chi connectivity index (χ0n) is 26.1. The number of rotatable bonds is 18. The maximum Gasteiger partial charge on any atom is 0.338 e. The maximum absolute atomic E-state index is 13.4. The third-order valence-electron chi connectivity index (χ3n) is 7.37. The normalized spacial score (nSPS) is 11.1. The highest BCUT2D eigenvalue weighted by atomic mass is 16.6. The van der Waals surface area contributed by atoms with E-state index in [1.54, 1.807) is 30.3 Å². The molecule has 3 aromatic rings. The third kappa shape index (κ3) is 10.6. The second-order valence-corrected chi connectivity index (χ2v) is 10.8. The zero-order chi connectivity index (χ0) is 35.1. The number of methoxy groups -OCH3 is 1. The molecule has 0 spiro atoms. The summed E-state index contributed by atoms with van der Waals surface area (Å²) in [6.45, 7) is 0.0835. The molecule has 0 aliphatic rings. The minimum atomic E-state index is -2.11. The van der Waals surface area contributed by atoms with Crippen LogP contribution in [0.1, 0.15) is 52.7 Å². The van der Waals surface area contributed by atoms with Gasteiger partial charge in [-0.2, -0.15) is 0 Å². The Morgan fingerprint density at radius 3 is 1.65 bits per heavy atom. The largest absolute Gasteiger partial charge is 0.480 e. The predicted octanol–water partition coefficient (Wildman–Crippen LogP) is 5.51. The molecule has 0 fully saturated rings. The lowest BCUT2D eigenvalue weighted by Crippen LogP contribution is -2.44. The van der Waals surface area contributed by atoms with Gasteiger partial charge in [0.2, 0.25) is 0 Å². The molecule has 0 aliphatic heterocycles. The summed E-state index contributed by atoms with van der Waals surface area (Å²) in [6.07, 6.45) is 4.32. The van der Waals surface area contributed by atoms with Crippen molar-refractivity contribution in [1.29, 1.82) is 0 Å². The monoisotopic (exact) mass is 662 g/mol. The van der Waals surface area contributed by atoms with Gasteiger partial charge in [0, 0.05) is 30.3 Å². The zero-order valence-corrected chi connectivity index (χ0v) is 26.1. The van der Waals surface area contributed by atoms with Gasteiger partial charge in [-0.1, -0.05) is 36.4 Å². The molecule has 0 bridgehead atoms. The number of hydrogen-bond acceptors (Lipinski definition) is 11. The van der Waals surface area contributed by atoms with Gasteiger partial charge in [-0.3, -0.25) is 29.8 Å². The lowest BCUT2D eigenvalue weighted by atomic mass is 9.76. The Kier molecular flexibility index (Phi) is 13.5. The SMILES string of the molecule is COC(=O)/C=C/c1ccc(C(=O)OCCCCCCOC(=O)C(Cc2ccc([N+](=O)[O-])cc2)(Cc2ccc([N+](=O)[O-])cc2)C(=O)O)cc1. The number of ether oxygens (including phenoxy) is 3. The van der Waals surface area contributed by atoms with Crippen molar-refractivity contribution in [1.82, 2.24) is 0 Å². The summed E-state index contributed by atoms with van der Waals surface area (Å²) in [7, 11) is 1.27. The average Bonchev–Trinajstić information content (AvgIpc) is 3.08. The van der Waals surface area contributed by atoms with Crippen LogP contribution < -0.4 is 0 Å². The van der Waals surface area contributed by atoms with E-state index in [1.165, 1.54) is 61.7 Å². The van der Waals surface area contributed by atoms with Crippen LogP contribution in [-0.4, -0.2) is 59.2 Å². The first kappa shape index (κ1) is 36.5. The van der Waals surface area contributed by atoms with Crippen molar-refractivity contribution < 1.29 is 48.3 Å². The smallest absolute Gasteiger partial charge is 0.338 e. The van der Waals surface area contributed by atoms with Crippen LogP contribution in [0.4, 0.5) is 11.4 Å². The Morgan fingerprint density at radius 2 is 1.21 bits per heavy atom. The van der Waals surface area contributed by atoms with Crippen molar-refractivity contribution in [2.45, 2.75) is 38.5 Å². The van der Waals surface area contributed by atoms with Gasteiger partial charge in [0.1, 0.15) is 0 Å². The molecule has 0 atom stereocenters. The van der Waals surface area contributed by atoms with Gasteiger partial charge < -0.3 is 19.3 Å². The molecule has 14 nitrogen and oxygen atoms in total. The van der Waals surface area contributed by atoms with Gasteiger partial charge in [-0.05, 0) is 73.4 Å². The number of aliphatic carboxylic acids is 1. The number of carboxylic acid groups (broad SMARTS) is 1. The molecule has 0 unspecified atom stereocenters. The van der Waals surface area contributed by atoms with Gasteiger partial charge in [0.15, 0.2) is 5.41 Å². The van der Waals surface area contributed by atoms with Gasteiger partial charge in [-0.25, -0.2) is 9.59 Å². The van der Waals surface area contributed by atoms with E-state index >= 15 is 0 Å². The summed E-state index contributed by atoms with van der Waals surface area (Å²) >= 11 is 0. The molecule has 3 rings (SSSR count). The van der Waals surface area contributed by atoms with Crippen LogP contribution in [-0.2, 0) is 41.4 Å². The Balaban J connectivity index is 1.53. The molecule has 252 valence electrons. The molecule has 0 aliphatic carbocycles. The third-order valence-corrected chi connectivity index (χ3v) is 7.37. The van der Waals surface area contributed by atoms with E-state index in [9.17, 15) is 44.5 Å². The fraction of sp³-hybridized carbons (Fsp3) is 0.294. The van der Waals surface area contributed by atoms with E-state index in [2.05, 4.69) is 4.74 Å². The summed E-state index contributed by atoms with van der Waals surface area (Å²) < 4.78 is 15.3. The van der Waals surface area contributed by atoms with E-state index in [0.29, 0.717) is 47.9 Å². The molecule has 0 amide bonds. The molecule has 14 heteroatoms. The van der Waals surface area contributed by atoms with Crippen molar-refractivity contribution >= 4 is 41.3 Å². The van der Waals surface area contributed by atoms with Crippen molar-refractivity contribution in [2.75, 3.05) is 20.3 Å². The van der Waals surface area contributed by atoms with Crippen molar-refractivity contribution in [2.24, 2.45) is 5.41 Å². The maximum atomic E-state index is 13.4. The van der Waals surface area contributed by atoms with Crippen LogP contribution in [0.15, 0.2) is 78.9 Å².